The van der Waals surface area contributed by atoms with Crippen molar-refractivity contribution in [3.05, 3.63) is 0 Å². The Morgan fingerprint density at radius 2 is 2.06 bits per heavy atom. The van der Waals surface area contributed by atoms with Crippen molar-refractivity contribution in [2.45, 2.75) is 39.7 Å². The maximum Gasteiger partial charge on any atom is 0.234 e. The molecule has 0 radical (unpaired) electrons. The molecule has 17 heavy (non-hydrogen) atoms. The summed E-state index contributed by atoms with van der Waals surface area (Å²) in [5.74, 6) is 0.902. The molecule has 0 aromatic rings. The lowest BCUT2D eigenvalue weighted by molar-refractivity contribution is -0.122. The number of nitrogens with one attached hydrogen (secondary N) is 2. The minimum Gasteiger partial charge on any atom is -0.353 e. The van der Waals surface area contributed by atoms with E-state index in [1.54, 1.807) is 0 Å². The van der Waals surface area contributed by atoms with Crippen molar-refractivity contribution in [1.29, 1.82) is 0 Å². The van der Waals surface area contributed by atoms with Gasteiger partial charge in [-0.3, -0.25) is 9.69 Å². The summed E-state index contributed by atoms with van der Waals surface area (Å²) in [7, 11) is 0. The van der Waals surface area contributed by atoms with Crippen molar-refractivity contribution in [1.82, 2.24) is 15.5 Å². The van der Waals surface area contributed by atoms with E-state index in [0.29, 0.717) is 6.54 Å². The summed E-state index contributed by atoms with van der Waals surface area (Å²) >= 11 is 0. The number of hydrogen-bond acceptors (Lipinski definition) is 3. The van der Waals surface area contributed by atoms with Crippen molar-refractivity contribution in [3.8, 4) is 0 Å². The van der Waals surface area contributed by atoms with Crippen LogP contribution in [0.3, 0.4) is 0 Å². The fraction of sp³-hybridized carbons (Fsp3) is 0.923. The average molecular weight is 241 g/mol. The van der Waals surface area contributed by atoms with Gasteiger partial charge in [0.2, 0.25) is 5.91 Å². The van der Waals surface area contributed by atoms with Crippen molar-refractivity contribution in [2.24, 2.45) is 5.92 Å². The molecule has 1 saturated heterocycles. The van der Waals surface area contributed by atoms with Crippen molar-refractivity contribution >= 4 is 5.91 Å². The predicted octanol–water partition coefficient (Wildman–Crippen LogP) is 0.833. The molecule has 0 saturated carbocycles. The Balaban J connectivity index is 2.29. The number of carbonyl (C=O) groups excluding carboxylic acids is 1. The van der Waals surface area contributed by atoms with E-state index in [1.807, 2.05) is 13.8 Å². The fourth-order valence-corrected chi connectivity index (χ4v) is 2.31. The van der Waals surface area contributed by atoms with Crippen LogP contribution in [0.15, 0.2) is 0 Å². The van der Waals surface area contributed by atoms with Gasteiger partial charge in [0.1, 0.15) is 0 Å². The maximum atomic E-state index is 11.7. The minimum atomic E-state index is 0.149. The van der Waals surface area contributed by atoms with Crippen LogP contribution in [0.25, 0.3) is 0 Å². The molecule has 0 aromatic carbocycles. The van der Waals surface area contributed by atoms with E-state index >= 15 is 0 Å². The third-order valence-corrected chi connectivity index (χ3v) is 3.24. The Morgan fingerprint density at radius 1 is 1.41 bits per heavy atom. The molecule has 0 bridgehead atoms. The molecule has 0 atom stereocenters. The van der Waals surface area contributed by atoms with Gasteiger partial charge in [0, 0.05) is 12.6 Å². The van der Waals surface area contributed by atoms with E-state index < -0.39 is 0 Å². The van der Waals surface area contributed by atoms with Gasteiger partial charge in [-0.05, 0) is 52.2 Å². The van der Waals surface area contributed by atoms with E-state index in [-0.39, 0.29) is 11.9 Å². The molecule has 4 nitrogen and oxygen atoms in total. The number of amides is 1. The quantitative estimate of drug-likeness (QED) is 0.724. The topological polar surface area (TPSA) is 44.4 Å². The summed E-state index contributed by atoms with van der Waals surface area (Å²) in [5.41, 5.74) is 0. The third kappa shape index (κ3) is 6.03. The molecule has 2 N–H and O–H groups in total. The smallest absolute Gasteiger partial charge is 0.234 e. The van der Waals surface area contributed by atoms with Crippen molar-refractivity contribution in [2.75, 3.05) is 32.7 Å². The van der Waals surface area contributed by atoms with Gasteiger partial charge in [-0.2, -0.15) is 0 Å². The summed E-state index contributed by atoms with van der Waals surface area (Å²) in [6.45, 7) is 10.9. The predicted molar refractivity (Wildman–Crippen MR) is 71.0 cm³/mol. The Hall–Kier alpha value is -0.610. The molecule has 0 spiro atoms. The number of likely N-dealkylation sites (N-methyl/N-ethyl adjacent to an activating group) is 1. The van der Waals surface area contributed by atoms with Crippen LogP contribution in [-0.2, 0) is 4.79 Å². The molecule has 1 rings (SSSR count). The zero-order valence-corrected chi connectivity index (χ0v) is 11.5. The SMILES string of the molecule is CCN(CC(=O)NC(C)C)CC1CCNCC1. The summed E-state index contributed by atoms with van der Waals surface area (Å²) in [4.78, 5) is 14.0. The van der Waals surface area contributed by atoms with E-state index in [0.717, 1.165) is 32.1 Å². The molecule has 1 fully saturated rings. The molecule has 0 aromatic heterocycles. The second kappa shape index (κ2) is 7.67. The molecular formula is C13H27N3O. The van der Waals surface area contributed by atoms with E-state index in [2.05, 4.69) is 22.5 Å². The van der Waals surface area contributed by atoms with Gasteiger partial charge in [-0.1, -0.05) is 6.92 Å². The largest absolute Gasteiger partial charge is 0.353 e. The van der Waals surface area contributed by atoms with E-state index in [4.69, 9.17) is 0 Å². The monoisotopic (exact) mass is 241 g/mol. The second-order valence-electron chi connectivity index (χ2n) is 5.24. The Bertz CT molecular complexity index is 225. The van der Waals surface area contributed by atoms with E-state index in [9.17, 15) is 4.79 Å². The first-order valence-electron chi connectivity index (χ1n) is 6.84. The molecule has 0 aliphatic carbocycles. The Labute approximate surface area is 105 Å². The Kier molecular flexibility index (Phi) is 6.52. The molecule has 4 heteroatoms. The van der Waals surface area contributed by atoms with Crippen LogP contribution in [0.5, 0.6) is 0 Å². The third-order valence-electron chi connectivity index (χ3n) is 3.24. The molecular weight excluding hydrogens is 214 g/mol. The van der Waals surface area contributed by atoms with Gasteiger partial charge in [0.15, 0.2) is 0 Å². The standard InChI is InChI=1S/C13H27N3O/c1-4-16(10-13(17)15-11(2)3)9-12-5-7-14-8-6-12/h11-12,14H,4-10H2,1-3H3,(H,15,17). The van der Waals surface area contributed by atoms with E-state index in [1.165, 1.54) is 12.8 Å². The first kappa shape index (κ1) is 14.5. The number of carbonyl (C=O) groups is 1. The van der Waals surface area contributed by atoms with Gasteiger partial charge < -0.3 is 10.6 Å². The average Bonchev–Trinajstić information content (AvgIpc) is 2.28. The summed E-state index contributed by atoms with van der Waals surface area (Å²) < 4.78 is 0. The van der Waals surface area contributed by atoms with Crippen LogP contribution < -0.4 is 10.6 Å². The van der Waals surface area contributed by atoms with Gasteiger partial charge in [0.05, 0.1) is 6.54 Å². The van der Waals surface area contributed by atoms with Gasteiger partial charge in [0.25, 0.3) is 0 Å². The lowest BCUT2D eigenvalue weighted by Crippen LogP contribution is -2.43. The number of nitrogens with zero attached hydrogens (tertiary/aromatic N) is 1. The van der Waals surface area contributed by atoms with Crippen LogP contribution in [0.4, 0.5) is 0 Å². The summed E-state index contributed by atoms with van der Waals surface area (Å²) in [6.07, 6.45) is 2.48. The van der Waals surface area contributed by atoms with Crippen LogP contribution >= 0.6 is 0 Å². The number of hydrogen-bond donors (Lipinski definition) is 2. The lowest BCUT2D eigenvalue weighted by atomic mass is 9.97. The molecule has 1 aliphatic rings. The molecule has 0 unspecified atom stereocenters. The minimum absolute atomic E-state index is 0.149. The first-order chi connectivity index (χ1) is 8.11. The van der Waals surface area contributed by atoms with Crippen LogP contribution in [0.1, 0.15) is 33.6 Å². The summed E-state index contributed by atoms with van der Waals surface area (Å²) in [5, 5.41) is 6.33. The van der Waals surface area contributed by atoms with Crippen LogP contribution in [0, 0.1) is 5.92 Å². The highest BCUT2D eigenvalue weighted by molar-refractivity contribution is 5.78. The lowest BCUT2D eigenvalue weighted by Gasteiger charge is -2.29. The second-order valence-corrected chi connectivity index (χ2v) is 5.24. The normalized spacial score (nSPS) is 17.7. The van der Waals surface area contributed by atoms with Gasteiger partial charge in [-0.25, -0.2) is 0 Å². The summed E-state index contributed by atoms with van der Waals surface area (Å²) in [6, 6.07) is 0.236. The zero-order valence-electron chi connectivity index (χ0n) is 11.5. The van der Waals surface area contributed by atoms with Crippen molar-refractivity contribution < 1.29 is 4.79 Å². The maximum absolute atomic E-state index is 11.7. The molecule has 100 valence electrons. The Morgan fingerprint density at radius 3 is 2.59 bits per heavy atom. The van der Waals surface area contributed by atoms with Gasteiger partial charge in [-0.15, -0.1) is 0 Å². The van der Waals surface area contributed by atoms with Gasteiger partial charge >= 0.3 is 0 Å². The highest BCUT2D eigenvalue weighted by Crippen LogP contribution is 2.13. The number of rotatable bonds is 6. The first-order valence-corrected chi connectivity index (χ1v) is 6.84. The molecule has 1 amide bonds. The van der Waals surface area contributed by atoms with Crippen LogP contribution in [0.2, 0.25) is 0 Å². The number of piperidine rings is 1. The highest BCUT2D eigenvalue weighted by atomic mass is 16.2. The highest BCUT2D eigenvalue weighted by Gasteiger charge is 2.17. The molecule has 1 aliphatic heterocycles. The van der Waals surface area contributed by atoms with Crippen molar-refractivity contribution in [3.63, 3.8) is 0 Å². The molecule has 1 heterocycles. The van der Waals surface area contributed by atoms with Crippen LogP contribution in [-0.4, -0.2) is 49.6 Å². The zero-order chi connectivity index (χ0) is 12.7. The fourth-order valence-electron chi connectivity index (χ4n) is 2.31.